The summed E-state index contributed by atoms with van der Waals surface area (Å²) in [6.45, 7) is 3.30. The average molecular weight is 333 g/mol. The maximum atomic E-state index is 6.51. The molecule has 9 heteroatoms. The zero-order chi connectivity index (χ0) is 16.3. The van der Waals surface area contributed by atoms with E-state index in [2.05, 4.69) is 25.5 Å². The van der Waals surface area contributed by atoms with Gasteiger partial charge in [0.15, 0.2) is 5.82 Å². The monoisotopic (exact) mass is 333 g/mol. The molecule has 0 bridgehead atoms. The van der Waals surface area contributed by atoms with Crippen LogP contribution in [0.25, 0.3) is 0 Å². The third kappa shape index (κ3) is 3.13. The summed E-state index contributed by atoms with van der Waals surface area (Å²) in [5, 5.41) is 10.3. The number of aliphatic imine (C=N–C) groups is 1. The first-order chi connectivity index (χ1) is 11.1. The van der Waals surface area contributed by atoms with Gasteiger partial charge in [0.25, 0.3) is 0 Å². The molecule has 0 saturated carbocycles. The van der Waals surface area contributed by atoms with E-state index in [-0.39, 0.29) is 0 Å². The van der Waals surface area contributed by atoms with Crippen LogP contribution in [0.15, 0.2) is 35.8 Å². The van der Waals surface area contributed by atoms with Crippen molar-refractivity contribution in [3.63, 3.8) is 0 Å². The van der Waals surface area contributed by atoms with Crippen LogP contribution in [0.3, 0.4) is 0 Å². The summed E-state index contributed by atoms with van der Waals surface area (Å²) in [4.78, 5) is 11.7. The number of hydrogen-bond acceptors (Lipinski definition) is 8. The molecular weight excluding hydrogens is 314 g/mol. The fraction of sp³-hybridized carbons (Fsp3) is 0.429. The van der Waals surface area contributed by atoms with Gasteiger partial charge in [0.05, 0.1) is 18.5 Å². The Hall–Kier alpha value is -1.81. The highest BCUT2D eigenvalue weighted by atomic mass is 32.2. The maximum absolute atomic E-state index is 6.51. The molecule has 0 saturated heterocycles. The third-order valence-electron chi connectivity index (χ3n) is 3.52. The first-order valence-corrected chi connectivity index (χ1v) is 7.99. The minimum atomic E-state index is -1.05. The molecule has 122 valence electrons. The maximum Gasteiger partial charge on any atom is 0.218 e. The fourth-order valence-electron chi connectivity index (χ4n) is 2.47. The van der Waals surface area contributed by atoms with Gasteiger partial charge in [-0.3, -0.25) is 16.1 Å². The summed E-state index contributed by atoms with van der Waals surface area (Å²) in [5.41, 5.74) is 8.20. The Balaban J connectivity index is 1.97. The molecule has 1 aliphatic heterocycles. The summed E-state index contributed by atoms with van der Waals surface area (Å²) in [5.74, 6) is 0.475. The fourth-order valence-corrected chi connectivity index (χ4v) is 3.86. The number of rotatable bonds is 6. The van der Waals surface area contributed by atoms with E-state index in [9.17, 15) is 0 Å². The van der Waals surface area contributed by atoms with Crippen molar-refractivity contribution in [2.75, 3.05) is 20.3 Å². The second-order valence-corrected chi connectivity index (χ2v) is 6.91. The number of methoxy groups -OCH3 is 1. The Morgan fingerprint density at radius 2 is 2.17 bits per heavy atom. The number of H-pyrrole nitrogens is 1. The molecule has 0 spiro atoms. The van der Waals surface area contributed by atoms with Gasteiger partial charge in [0.1, 0.15) is 4.87 Å². The lowest BCUT2D eigenvalue weighted by molar-refractivity contribution is 0.197. The predicted octanol–water partition coefficient (Wildman–Crippen LogP) is 0.457. The van der Waals surface area contributed by atoms with Crippen molar-refractivity contribution in [3.05, 3.63) is 42.2 Å². The molecule has 0 fully saturated rings. The predicted molar refractivity (Wildman–Crippen MR) is 88.9 cm³/mol. The van der Waals surface area contributed by atoms with Crippen LogP contribution in [0.2, 0.25) is 0 Å². The van der Waals surface area contributed by atoms with Gasteiger partial charge in [0, 0.05) is 37.8 Å². The average Bonchev–Trinajstić information content (AvgIpc) is 3.16. The summed E-state index contributed by atoms with van der Waals surface area (Å²) >= 11 is 1.47. The van der Waals surface area contributed by atoms with Crippen molar-refractivity contribution < 1.29 is 4.74 Å². The number of aromatic amines is 1. The van der Waals surface area contributed by atoms with Gasteiger partial charge in [0.2, 0.25) is 4.99 Å². The van der Waals surface area contributed by atoms with Crippen molar-refractivity contribution in [3.8, 4) is 0 Å². The summed E-state index contributed by atoms with van der Waals surface area (Å²) in [7, 11) is 1.67. The molecule has 1 aliphatic rings. The molecule has 0 aromatic carbocycles. The Morgan fingerprint density at radius 1 is 1.39 bits per heavy atom. The Morgan fingerprint density at radius 3 is 2.83 bits per heavy atom. The normalized spacial score (nSPS) is 27.2. The van der Waals surface area contributed by atoms with E-state index in [1.165, 1.54) is 11.8 Å². The number of nitrogens with one attached hydrogen (secondary N) is 2. The van der Waals surface area contributed by atoms with Gasteiger partial charge in [-0.2, -0.15) is 5.10 Å². The van der Waals surface area contributed by atoms with E-state index in [4.69, 9.17) is 15.5 Å². The van der Waals surface area contributed by atoms with E-state index in [1.54, 1.807) is 38.0 Å². The minimum Gasteiger partial charge on any atom is -0.383 e. The molecule has 2 aromatic heterocycles. The second kappa shape index (κ2) is 6.36. The van der Waals surface area contributed by atoms with Crippen LogP contribution in [0, 0.1) is 0 Å². The lowest BCUT2D eigenvalue weighted by Crippen LogP contribution is -2.47. The summed E-state index contributed by atoms with van der Waals surface area (Å²) in [6.07, 6.45) is 6.86. The van der Waals surface area contributed by atoms with Gasteiger partial charge < -0.3 is 4.74 Å². The van der Waals surface area contributed by atoms with Gasteiger partial charge in [-0.25, -0.2) is 15.0 Å². The van der Waals surface area contributed by atoms with Gasteiger partial charge in [-0.15, -0.1) is 0 Å². The first kappa shape index (κ1) is 16.1. The first-order valence-electron chi connectivity index (χ1n) is 7.17. The zero-order valence-corrected chi connectivity index (χ0v) is 13.8. The highest BCUT2D eigenvalue weighted by Gasteiger charge is 2.50. The second-order valence-electron chi connectivity index (χ2n) is 5.27. The zero-order valence-electron chi connectivity index (χ0n) is 13.0. The van der Waals surface area contributed by atoms with Crippen molar-refractivity contribution in [1.82, 2.24) is 25.5 Å². The molecule has 3 heterocycles. The molecule has 0 radical (unpaired) electrons. The summed E-state index contributed by atoms with van der Waals surface area (Å²) < 4.78 is 5.12. The van der Waals surface area contributed by atoms with E-state index in [0.717, 1.165) is 11.3 Å². The summed E-state index contributed by atoms with van der Waals surface area (Å²) in [6, 6.07) is 1.75. The van der Waals surface area contributed by atoms with Crippen molar-refractivity contribution in [1.29, 1.82) is 0 Å². The highest BCUT2D eigenvalue weighted by molar-refractivity contribution is 8.02. The standard InChI is InChI=1S/C14H19N7OS/c1-13(18-6-7-22-2)11(10-8-19-20-9-10)21-14(15,23-13)12-16-4-3-5-17-12/h3-5,8-9,18H,6-7,15H2,1-2H3,(H,19,20). The minimum absolute atomic E-state index is 0.475. The van der Waals surface area contributed by atoms with Crippen LogP contribution in [-0.2, 0) is 9.73 Å². The van der Waals surface area contributed by atoms with Crippen molar-refractivity contribution >= 4 is 17.5 Å². The molecule has 2 aromatic rings. The number of hydrogen-bond donors (Lipinski definition) is 3. The topological polar surface area (TPSA) is 114 Å². The molecule has 3 rings (SSSR count). The lowest BCUT2D eigenvalue weighted by Gasteiger charge is -2.29. The Bertz CT molecular complexity index is 678. The largest absolute Gasteiger partial charge is 0.383 e. The lowest BCUT2D eigenvalue weighted by atomic mass is 10.1. The quantitative estimate of drug-likeness (QED) is 0.658. The molecule has 8 nitrogen and oxygen atoms in total. The van der Waals surface area contributed by atoms with Crippen LogP contribution in [0.4, 0.5) is 0 Å². The molecule has 2 atom stereocenters. The van der Waals surface area contributed by atoms with Crippen molar-refractivity contribution in [2.24, 2.45) is 10.7 Å². The molecule has 23 heavy (non-hydrogen) atoms. The van der Waals surface area contributed by atoms with Gasteiger partial charge in [-0.1, -0.05) is 11.8 Å². The Kier molecular flexibility index (Phi) is 4.44. The third-order valence-corrected chi connectivity index (χ3v) is 4.85. The van der Waals surface area contributed by atoms with Crippen LogP contribution in [-0.4, -0.2) is 51.0 Å². The van der Waals surface area contributed by atoms with E-state index < -0.39 is 9.87 Å². The van der Waals surface area contributed by atoms with Crippen LogP contribution >= 0.6 is 11.8 Å². The van der Waals surface area contributed by atoms with Gasteiger partial charge >= 0.3 is 0 Å². The molecule has 0 aliphatic carbocycles. The van der Waals surface area contributed by atoms with Gasteiger partial charge in [-0.05, 0) is 13.0 Å². The number of aromatic nitrogens is 4. The van der Waals surface area contributed by atoms with Crippen LogP contribution in [0.5, 0.6) is 0 Å². The molecular formula is C14H19N7OS. The van der Waals surface area contributed by atoms with Crippen LogP contribution in [0.1, 0.15) is 18.3 Å². The number of nitrogens with two attached hydrogens (primary N) is 1. The Labute approximate surface area is 138 Å². The molecule has 0 amide bonds. The number of nitrogens with zero attached hydrogens (tertiary/aromatic N) is 4. The van der Waals surface area contributed by atoms with E-state index in [1.807, 2.05) is 6.92 Å². The SMILES string of the molecule is COCCNC1(C)SC(N)(c2ncccn2)N=C1c1cn[nH]c1. The molecule has 2 unspecified atom stereocenters. The van der Waals surface area contributed by atoms with E-state index >= 15 is 0 Å². The number of ether oxygens (including phenoxy) is 1. The van der Waals surface area contributed by atoms with Crippen LogP contribution < -0.4 is 11.1 Å². The molecule has 4 N–H and O–H groups in total. The van der Waals surface area contributed by atoms with Crippen molar-refractivity contribution in [2.45, 2.75) is 16.8 Å². The smallest absolute Gasteiger partial charge is 0.218 e. The van der Waals surface area contributed by atoms with E-state index in [0.29, 0.717) is 19.0 Å². The highest BCUT2D eigenvalue weighted by Crippen LogP contribution is 2.47. The number of thioether (sulfide) groups is 1.